The zero-order valence-corrected chi connectivity index (χ0v) is 30.6. The van der Waals surface area contributed by atoms with Crippen LogP contribution in [0.25, 0.3) is 0 Å². The molecule has 0 aliphatic heterocycles. The smallest absolute Gasteiger partial charge is 0.163 e. The fourth-order valence-electron chi connectivity index (χ4n) is 1.14. The second kappa shape index (κ2) is 11.2. The molecule has 23 heavy (non-hydrogen) atoms. The molecule has 0 amide bonds. The van der Waals surface area contributed by atoms with Gasteiger partial charge in [-0.05, 0) is 0 Å². The fourth-order valence-corrected chi connectivity index (χ4v) is 10.2. The summed E-state index contributed by atoms with van der Waals surface area (Å²) in [6, 6.07) is 0. The zero-order chi connectivity index (χ0) is 19.0. The number of rotatable bonds is 6. The van der Waals surface area contributed by atoms with Crippen LogP contribution in [-0.4, -0.2) is 31.5 Å². The van der Waals surface area contributed by atoms with E-state index in [-0.39, 0.29) is 0 Å². The summed E-state index contributed by atoms with van der Waals surface area (Å²) in [6.07, 6.45) is -1.21. The number of ether oxygens (including phenoxy) is 1. The van der Waals surface area contributed by atoms with Crippen molar-refractivity contribution in [2.24, 2.45) is 0 Å². The molecule has 0 saturated heterocycles. The topological polar surface area (TPSA) is 9.23 Å². The summed E-state index contributed by atoms with van der Waals surface area (Å²) >= 11 is 54.3. The quantitative estimate of drug-likeness (QED) is 0.241. The van der Waals surface area contributed by atoms with Gasteiger partial charge in [-0.15, -0.1) is 23.2 Å². The Labute approximate surface area is 245 Å². The number of alkyl halides is 14. The molecular weight excluding hydrogens is 1140 g/mol. The molecule has 0 aromatic carbocycles. The highest BCUT2D eigenvalue weighted by Gasteiger charge is 2.57. The van der Waals surface area contributed by atoms with Crippen molar-refractivity contribution in [2.45, 2.75) is 31.5 Å². The van der Waals surface area contributed by atoms with Crippen molar-refractivity contribution in [1.82, 2.24) is 0 Å². The van der Waals surface area contributed by atoms with E-state index in [4.69, 9.17) is 27.9 Å². The van der Waals surface area contributed by atoms with Crippen LogP contribution in [0.15, 0.2) is 0 Å². The maximum absolute atomic E-state index is 6.33. The second-order valence-electron chi connectivity index (χ2n) is 3.93. The first-order valence-corrected chi connectivity index (χ1v) is 15.6. The standard InChI is InChI=1S/C8H4Br12Cl2O/c9-3(21)5(11,12)1(7(15,16)17)23-2(8(18,19)20)6(13,14)4(10)22/h1-4H. The van der Waals surface area contributed by atoms with Crippen LogP contribution >= 0.6 is 214 Å². The number of halogens is 14. The summed E-state index contributed by atoms with van der Waals surface area (Å²) in [4.78, 5) is 0. The van der Waals surface area contributed by atoms with Gasteiger partial charge in [0.15, 0.2) is 4.29 Å². The van der Waals surface area contributed by atoms with Gasteiger partial charge < -0.3 is 4.74 Å². The van der Waals surface area contributed by atoms with E-state index >= 15 is 0 Å². The van der Waals surface area contributed by atoms with Crippen molar-refractivity contribution >= 4 is 214 Å². The van der Waals surface area contributed by atoms with Gasteiger partial charge in [0.25, 0.3) is 0 Å². The molecule has 4 unspecified atom stereocenters. The normalized spacial score (nSPS) is 20.1. The summed E-state index contributed by atoms with van der Waals surface area (Å²) in [7, 11) is 0. The molecule has 0 aliphatic carbocycles. The molecule has 0 rings (SSSR count). The zero-order valence-electron chi connectivity index (χ0n) is 10.0. The lowest BCUT2D eigenvalue weighted by Crippen LogP contribution is -2.55. The third-order valence-electron chi connectivity index (χ3n) is 2.15. The van der Waals surface area contributed by atoms with E-state index in [0.717, 1.165) is 0 Å². The molecule has 140 valence electrons. The first-order chi connectivity index (χ1) is 9.86. The Hall–Kier alpha value is 6.30. The van der Waals surface area contributed by atoms with Crippen LogP contribution in [0.3, 0.4) is 0 Å². The van der Waals surface area contributed by atoms with Crippen molar-refractivity contribution in [3.8, 4) is 0 Å². The average Bonchev–Trinajstić information content (AvgIpc) is 2.24. The van der Waals surface area contributed by atoms with E-state index in [1.807, 2.05) is 0 Å². The van der Waals surface area contributed by atoms with Gasteiger partial charge in [0.2, 0.25) is 0 Å². The molecule has 1 nitrogen and oxygen atoms in total. The first kappa shape index (κ1) is 29.3. The molecule has 0 aliphatic rings. The van der Waals surface area contributed by atoms with Gasteiger partial charge in [-0.2, -0.15) is 0 Å². The van der Waals surface area contributed by atoms with Crippen molar-refractivity contribution in [3.63, 3.8) is 0 Å². The van der Waals surface area contributed by atoms with Crippen molar-refractivity contribution in [2.75, 3.05) is 0 Å². The minimum absolute atomic E-state index is 0.515. The third-order valence-corrected chi connectivity index (χ3v) is 13.8. The largest absolute Gasteiger partial charge is 0.363 e. The van der Waals surface area contributed by atoms with Gasteiger partial charge in [-0.25, -0.2) is 0 Å². The van der Waals surface area contributed by atoms with Crippen LogP contribution in [0.4, 0.5) is 0 Å². The van der Waals surface area contributed by atoms with E-state index in [9.17, 15) is 0 Å². The van der Waals surface area contributed by atoms with E-state index in [1.54, 1.807) is 0 Å². The summed E-state index contributed by atoms with van der Waals surface area (Å²) in [5.41, 5.74) is 0. The maximum Gasteiger partial charge on any atom is 0.163 e. The minimum atomic E-state index is -0.862. The highest BCUT2D eigenvalue weighted by molar-refractivity contribution is 9.40. The molecule has 0 aromatic heterocycles. The van der Waals surface area contributed by atoms with Crippen LogP contribution in [0, 0.1) is 0 Å². The predicted octanol–water partition coefficient (Wildman–Crippen LogP) is 10.3. The molecule has 0 saturated carbocycles. The van der Waals surface area contributed by atoms with Crippen molar-refractivity contribution < 1.29 is 4.74 Å². The minimum Gasteiger partial charge on any atom is -0.363 e. The van der Waals surface area contributed by atoms with Crippen molar-refractivity contribution in [1.29, 1.82) is 0 Å². The summed E-state index contributed by atoms with van der Waals surface area (Å²) in [5.74, 6) is 0. The van der Waals surface area contributed by atoms with E-state index in [1.165, 1.54) is 0 Å². The lowest BCUT2D eigenvalue weighted by Gasteiger charge is -2.44. The Bertz CT molecular complexity index is 354. The van der Waals surface area contributed by atoms with Gasteiger partial charge in [-0.3, -0.25) is 0 Å². The van der Waals surface area contributed by atoms with Crippen LogP contribution in [0.5, 0.6) is 0 Å². The summed E-state index contributed by atoms with van der Waals surface area (Å²) in [6.45, 7) is 0. The summed E-state index contributed by atoms with van der Waals surface area (Å²) in [5, 5.41) is 0. The molecule has 4 atom stereocenters. The Morgan fingerprint density at radius 1 is 0.565 bits per heavy atom. The molecule has 15 heteroatoms. The van der Waals surface area contributed by atoms with Gasteiger partial charge in [0.05, 0.1) is 0 Å². The Kier molecular flexibility index (Phi) is 14.3. The Morgan fingerprint density at radius 3 is 0.913 bits per heavy atom. The van der Waals surface area contributed by atoms with Crippen LogP contribution in [-0.2, 0) is 4.74 Å². The van der Waals surface area contributed by atoms with Crippen LogP contribution in [0.2, 0.25) is 0 Å². The van der Waals surface area contributed by atoms with Crippen molar-refractivity contribution in [3.05, 3.63) is 0 Å². The predicted molar refractivity (Wildman–Crippen MR) is 146 cm³/mol. The monoisotopic (exact) mass is 1130 g/mol. The summed E-state index contributed by atoms with van der Waals surface area (Å²) < 4.78 is 1.94. The lowest BCUT2D eigenvalue weighted by atomic mass is 10.2. The van der Waals surface area contributed by atoms with E-state index in [2.05, 4.69) is 191 Å². The van der Waals surface area contributed by atoms with Gasteiger partial charge in [0, 0.05) is 0 Å². The SMILES string of the molecule is ClC(Br)C(Br)(Br)C(OC(C(Br)(Br)Br)C(Br)(Br)C(Cl)Br)C(Br)(Br)Br. The average molecular weight is 1150 g/mol. The van der Waals surface area contributed by atoms with Gasteiger partial charge in [0.1, 0.15) is 27.2 Å². The molecule has 0 aromatic rings. The molecule has 0 heterocycles. The number of hydrogen-bond acceptors (Lipinski definition) is 1. The van der Waals surface area contributed by atoms with Gasteiger partial charge >= 0.3 is 0 Å². The molecule has 0 fully saturated rings. The third kappa shape index (κ3) is 9.13. The molecule has 0 bridgehead atoms. The molecule has 0 spiro atoms. The second-order valence-corrected chi connectivity index (χ2v) is 29.0. The number of hydrogen-bond donors (Lipinski definition) is 0. The van der Waals surface area contributed by atoms with E-state index in [0.29, 0.717) is 0 Å². The van der Waals surface area contributed by atoms with Crippen LogP contribution in [0.1, 0.15) is 0 Å². The van der Waals surface area contributed by atoms with E-state index < -0.39 is 31.5 Å². The first-order valence-electron chi connectivity index (χ1n) is 4.97. The molecule has 0 N–H and O–H groups in total. The maximum atomic E-state index is 6.33. The fraction of sp³-hybridized carbons (Fsp3) is 1.00. The van der Waals surface area contributed by atoms with Crippen LogP contribution < -0.4 is 0 Å². The molecular formula is C8H4Br12Cl2O. The Morgan fingerprint density at radius 2 is 0.783 bits per heavy atom. The molecule has 0 radical (unpaired) electrons. The highest BCUT2D eigenvalue weighted by atomic mass is 80.0. The Balaban J connectivity index is 5.94. The van der Waals surface area contributed by atoms with Gasteiger partial charge in [-0.1, -0.05) is 191 Å². The highest BCUT2D eigenvalue weighted by Crippen LogP contribution is 2.58. The lowest BCUT2D eigenvalue weighted by molar-refractivity contribution is -0.00104.